The maximum absolute atomic E-state index is 11.9. The van der Waals surface area contributed by atoms with Crippen LogP contribution in [0, 0.1) is 6.92 Å². The van der Waals surface area contributed by atoms with Gasteiger partial charge in [0.1, 0.15) is 0 Å². The van der Waals surface area contributed by atoms with Crippen LogP contribution in [0.15, 0.2) is 54.6 Å². The zero-order valence-corrected chi connectivity index (χ0v) is 13.9. The monoisotopic (exact) mass is 334 g/mol. The van der Waals surface area contributed by atoms with E-state index in [1.165, 1.54) is 0 Å². The average Bonchev–Trinajstić information content (AvgIpc) is 2.54. The first-order chi connectivity index (χ1) is 10.6. The van der Waals surface area contributed by atoms with Crippen molar-refractivity contribution < 1.29 is 9.90 Å². The third kappa shape index (κ3) is 5.67. The number of aliphatic hydroxyl groups excluding tert-OH is 1. The Balaban J connectivity index is 0.00000264. The number of carbonyl (C=O) groups excluding carboxylic acids is 1. The maximum Gasteiger partial charge on any atom is 0.222 e. The van der Waals surface area contributed by atoms with Gasteiger partial charge in [-0.15, -0.1) is 12.4 Å². The summed E-state index contributed by atoms with van der Waals surface area (Å²) in [5, 5.41) is 12.9. The number of nitrogens with two attached hydrogens (primary N) is 1. The fraction of sp³-hybridized carbons (Fsp3) is 0.278. The van der Waals surface area contributed by atoms with Crippen molar-refractivity contribution in [1.82, 2.24) is 5.32 Å². The molecule has 0 bridgehead atoms. The van der Waals surface area contributed by atoms with Gasteiger partial charge in [-0.25, -0.2) is 0 Å². The lowest BCUT2D eigenvalue weighted by Gasteiger charge is -2.16. The van der Waals surface area contributed by atoms with Crippen molar-refractivity contribution in [3.05, 3.63) is 71.3 Å². The highest BCUT2D eigenvalue weighted by molar-refractivity contribution is 5.85. The van der Waals surface area contributed by atoms with Crippen LogP contribution in [0.4, 0.5) is 0 Å². The number of hydrogen-bond acceptors (Lipinski definition) is 3. The summed E-state index contributed by atoms with van der Waals surface area (Å²) in [5.41, 5.74) is 8.78. The average molecular weight is 335 g/mol. The summed E-state index contributed by atoms with van der Waals surface area (Å²) in [6, 6.07) is 16.8. The van der Waals surface area contributed by atoms with Crippen LogP contribution in [0.25, 0.3) is 0 Å². The van der Waals surface area contributed by atoms with Crippen molar-refractivity contribution >= 4 is 18.3 Å². The summed E-state index contributed by atoms with van der Waals surface area (Å²) < 4.78 is 0. The molecule has 0 saturated heterocycles. The molecule has 0 aliphatic carbocycles. The number of benzene rings is 2. The van der Waals surface area contributed by atoms with Crippen LogP contribution < -0.4 is 11.1 Å². The van der Waals surface area contributed by atoms with E-state index in [2.05, 4.69) is 5.32 Å². The molecule has 23 heavy (non-hydrogen) atoms. The first-order valence-corrected chi connectivity index (χ1v) is 7.38. The number of halogens is 1. The van der Waals surface area contributed by atoms with Gasteiger partial charge < -0.3 is 16.2 Å². The van der Waals surface area contributed by atoms with Crippen molar-refractivity contribution in [2.45, 2.75) is 25.5 Å². The fourth-order valence-electron chi connectivity index (χ4n) is 2.37. The third-order valence-electron chi connectivity index (χ3n) is 3.67. The molecule has 4 nitrogen and oxygen atoms in total. The largest absolute Gasteiger partial charge is 0.387 e. The molecule has 2 unspecified atom stereocenters. The number of carbonyl (C=O) groups is 1. The van der Waals surface area contributed by atoms with E-state index in [-0.39, 0.29) is 37.3 Å². The summed E-state index contributed by atoms with van der Waals surface area (Å²) >= 11 is 0. The zero-order valence-electron chi connectivity index (χ0n) is 13.1. The van der Waals surface area contributed by atoms with E-state index in [1.54, 1.807) is 0 Å². The number of aryl methyl sites for hydroxylation is 1. The predicted octanol–water partition coefficient (Wildman–Crippen LogP) is 2.66. The molecule has 0 heterocycles. The second-order valence-electron chi connectivity index (χ2n) is 5.40. The third-order valence-corrected chi connectivity index (χ3v) is 3.67. The van der Waals surface area contributed by atoms with Gasteiger partial charge in [0.15, 0.2) is 0 Å². The Morgan fingerprint density at radius 3 is 2.39 bits per heavy atom. The Kier molecular flexibility index (Phi) is 7.75. The Morgan fingerprint density at radius 2 is 1.74 bits per heavy atom. The van der Waals surface area contributed by atoms with Crippen molar-refractivity contribution in [2.24, 2.45) is 5.73 Å². The maximum atomic E-state index is 11.9. The minimum Gasteiger partial charge on any atom is -0.387 e. The van der Waals surface area contributed by atoms with Crippen LogP contribution >= 0.6 is 12.4 Å². The first kappa shape index (κ1) is 19.2. The van der Waals surface area contributed by atoms with Crippen LogP contribution in [0.5, 0.6) is 0 Å². The summed E-state index contributed by atoms with van der Waals surface area (Å²) in [6.07, 6.45) is -0.511. The molecule has 0 aromatic heterocycles. The molecule has 124 valence electrons. The van der Waals surface area contributed by atoms with Gasteiger partial charge in [-0.1, -0.05) is 54.6 Å². The van der Waals surface area contributed by atoms with Gasteiger partial charge in [0.2, 0.25) is 5.91 Å². The molecule has 2 atom stereocenters. The van der Waals surface area contributed by atoms with Gasteiger partial charge in [-0.05, 0) is 23.6 Å². The number of amides is 1. The van der Waals surface area contributed by atoms with Crippen LogP contribution in [-0.2, 0) is 4.79 Å². The van der Waals surface area contributed by atoms with Gasteiger partial charge in [0.25, 0.3) is 0 Å². The van der Waals surface area contributed by atoms with Gasteiger partial charge in [0, 0.05) is 19.0 Å². The molecule has 0 fully saturated rings. The van der Waals surface area contributed by atoms with Crippen LogP contribution in [-0.4, -0.2) is 17.6 Å². The van der Waals surface area contributed by atoms with E-state index in [0.717, 1.165) is 16.7 Å². The van der Waals surface area contributed by atoms with Crippen molar-refractivity contribution in [1.29, 1.82) is 0 Å². The van der Waals surface area contributed by atoms with Crippen LogP contribution in [0.2, 0.25) is 0 Å². The zero-order chi connectivity index (χ0) is 15.9. The van der Waals surface area contributed by atoms with Crippen LogP contribution in [0.3, 0.4) is 0 Å². The number of rotatable bonds is 6. The van der Waals surface area contributed by atoms with Gasteiger partial charge >= 0.3 is 0 Å². The summed E-state index contributed by atoms with van der Waals surface area (Å²) in [7, 11) is 0. The SMILES string of the molecule is Cc1ccccc1C(O)CNC(=O)CC(N)c1ccccc1.Cl. The Bertz CT molecular complexity index is 619. The number of nitrogens with one attached hydrogen (secondary N) is 1. The van der Waals surface area contributed by atoms with Gasteiger partial charge in [0.05, 0.1) is 6.10 Å². The number of hydrogen-bond donors (Lipinski definition) is 3. The molecule has 0 spiro atoms. The molecule has 0 aliphatic rings. The highest BCUT2D eigenvalue weighted by atomic mass is 35.5. The van der Waals surface area contributed by atoms with Crippen molar-refractivity contribution in [3.8, 4) is 0 Å². The van der Waals surface area contributed by atoms with E-state index in [9.17, 15) is 9.90 Å². The predicted molar refractivity (Wildman–Crippen MR) is 94.4 cm³/mol. The fourth-order valence-corrected chi connectivity index (χ4v) is 2.37. The normalized spacial score (nSPS) is 12.8. The highest BCUT2D eigenvalue weighted by Gasteiger charge is 2.14. The summed E-state index contributed by atoms with van der Waals surface area (Å²) in [6.45, 7) is 2.12. The van der Waals surface area contributed by atoms with E-state index in [0.29, 0.717) is 0 Å². The van der Waals surface area contributed by atoms with Crippen LogP contribution in [0.1, 0.15) is 35.3 Å². The first-order valence-electron chi connectivity index (χ1n) is 7.38. The van der Waals surface area contributed by atoms with Gasteiger partial charge in [-0.3, -0.25) is 4.79 Å². The molecule has 2 rings (SSSR count). The Labute approximate surface area is 143 Å². The molecular formula is C18H23ClN2O2. The van der Waals surface area contributed by atoms with Crippen molar-refractivity contribution in [3.63, 3.8) is 0 Å². The molecule has 0 radical (unpaired) electrons. The molecule has 1 amide bonds. The quantitative estimate of drug-likeness (QED) is 0.760. The Hall–Kier alpha value is -1.88. The smallest absolute Gasteiger partial charge is 0.222 e. The molecule has 5 heteroatoms. The summed E-state index contributed by atoms with van der Waals surface area (Å²) in [5.74, 6) is -0.163. The van der Waals surface area contributed by atoms with E-state index < -0.39 is 6.10 Å². The standard InChI is InChI=1S/C18H22N2O2.ClH/c1-13-7-5-6-10-15(13)17(21)12-20-18(22)11-16(19)14-8-3-2-4-9-14;/h2-10,16-17,21H,11-12,19H2,1H3,(H,20,22);1H. The molecule has 0 aliphatic heterocycles. The molecular weight excluding hydrogens is 312 g/mol. The molecule has 0 saturated carbocycles. The van der Waals surface area contributed by atoms with E-state index in [4.69, 9.17) is 5.73 Å². The minimum absolute atomic E-state index is 0. The highest BCUT2D eigenvalue weighted by Crippen LogP contribution is 2.17. The second-order valence-corrected chi connectivity index (χ2v) is 5.40. The molecule has 4 N–H and O–H groups in total. The summed E-state index contributed by atoms with van der Waals surface area (Å²) in [4.78, 5) is 11.9. The topological polar surface area (TPSA) is 75.3 Å². The molecule has 2 aromatic carbocycles. The lowest BCUT2D eigenvalue weighted by atomic mass is 10.0. The lowest BCUT2D eigenvalue weighted by molar-refractivity contribution is -0.121. The molecule has 2 aromatic rings. The lowest BCUT2D eigenvalue weighted by Crippen LogP contribution is -2.31. The second kappa shape index (κ2) is 9.30. The van der Waals surface area contributed by atoms with Crippen molar-refractivity contribution in [2.75, 3.05) is 6.54 Å². The minimum atomic E-state index is -0.710. The van der Waals surface area contributed by atoms with E-state index in [1.807, 2.05) is 61.5 Å². The number of aliphatic hydroxyl groups is 1. The van der Waals surface area contributed by atoms with Gasteiger partial charge in [-0.2, -0.15) is 0 Å². The Morgan fingerprint density at radius 1 is 1.13 bits per heavy atom. The van der Waals surface area contributed by atoms with E-state index >= 15 is 0 Å².